The van der Waals surface area contributed by atoms with Crippen LogP contribution in [0.3, 0.4) is 0 Å². The molecule has 1 unspecified atom stereocenters. The van der Waals surface area contributed by atoms with E-state index < -0.39 is 17.7 Å². The van der Waals surface area contributed by atoms with Gasteiger partial charge in [-0.3, -0.25) is 9.59 Å². The molecule has 2 aromatic carbocycles. The molecule has 1 N–H and O–H groups in total. The predicted molar refractivity (Wildman–Crippen MR) is 135 cm³/mol. The van der Waals surface area contributed by atoms with E-state index in [1.807, 2.05) is 17.5 Å². The van der Waals surface area contributed by atoms with Gasteiger partial charge in [0.1, 0.15) is 5.76 Å². The van der Waals surface area contributed by atoms with Crippen LogP contribution < -0.4 is 14.2 Å². The Labute approximate surface area is 216 Å². The number of carbonyl (C=O) groups is 2. The smallest absolute Gasteiger partial charge is 0.295 e. The summed E-state index contributed by atoms with van der Waals surface area (Å²) in [7, 11) is 4.47. The molecule has 3 aromatic rings. The second-order valence-corrected chi connectivity index (χ2v) is 9.40. The molecule has 0 radical (unpaired) electrons. The van der Waals surface area contributed by atoms with Crippen molar-refractivity contribution in [2.75, 3.05) is 21.3 Å². The van der Waals surface area contributed by atoms with Crippen molar-refractivity contribution in [1.82, 2.24) is 4.90 Å². The summed E-state index contributed by atoms with van der Waals surface area (Å²) >= 11 is 13.9. The van der Waals surface area contributed by atoms with E-state index in [-0.39, 0.29) is 39.2 Å². The van der Waals surface area contributed by atoms with Gasteiger partial charge < -0.3 is 24.2 Å². The maximum absolute atomic E-state index is 13.2. The van der Waals surface area contributed by atoms with Crippen LogP contribution in [0.15, 0.2) is 53.4 Å². The minimum Gasteiger partial charge on any atom is -0.507 e. The summed E-state index contributed by atoms with van der Waals surface area (Å²) < 4.78 is 15.8. The fourth-order valence-electron chi connectivity index (χ4n) is 4.01. The molecule has 0 saturated carbocycles. The van der Waals surface area contributed by atoms with Crippen LogP contribution in [0, 0.1) is 0 Å². The number of thiophene rings is 1. The molecule has 35 heavy (non-hydrogen) atoms. The fourth-order valence-corrected chi connectivity index (χ4v) is 5.50. The summed E-state index contributed by atoms with van der Waals surface area (Å²) in [5.41, 5.74) is 0.878. The summed E-state index contributed by atoms with van der Waals surface area (Å²) in [5, 5.41) is 13.4. The second kappa shape index (κ2) is 10.2. The number of rotatable bonds is 7. The van der Waals surface area contributed by atoms with Crippen molar-refractivity contribution in [3.05, 3.63) is 79.5 Å². The minimum absolute atomic E-state index is 0.0461. The van der Waals surface area contributed by atoms with Crippen LogP contribution in [0.1, 0.15) is 22.0 Å². The number of benzene rings is 2. The summed E-state index contributed by atoms with van der Waals surface area (Å²) in [4.78, 5) is 28.5. The molecule has 10 heteroatoms. The Morgan fingerprint density at radius 1 is 1.00 bits per heavy atom. The predicted octanol–water partition coefficient (Wildman–Crippen LogP) is 5.70. The number of aliphatic hydroxyl groups is 1. The van der Waals surface area contributed by atoms with Gasteiger partial charge in [0, 0.05) is 17.0 Å². The first-order valence-electron chi connectivity index (χ1n) is 10.4. The SMILES string of the molecule is COc1ccc(CN2C(=O)C(=O)/C(=C(\O)c3cc(Cl)c(OC)c(Cl)c3)C2c2cccs2)cc1OC. The van der Waals surface area contributed by atoms with Gasteiger partial charge in [0.2, 0.25) is 0 Å². The van der Waals surface area contributed by atoms with Crippen LogP contribution in [0.2, 0.25) is 10.0 Å². The maximum Gasteiger partial charge on any atom is 0.295 e. The molecular formula is C25H21Cl2NO6S. The summed E-state index contributed by atoms with van der Waals surface area (Å²) in [5.74, 6) is -0.621. The minimum atomic E-state index is -0.803. The second-order valence-electron chi connectivity index (χ2n) is 7.60. The largest absolute Gasteiger partial charge is 0.507 e. The fraction of sp³-hybridized carbons (Fsp3) is 0.200. The quantitative estimate of drug-likeness (QED) is 0.238. The number of aliphatic hydroxyl groups excluding tert-OH is 1. The van der Waals surface area contributed by atoms with Gasteiger partial charge >= 0.3 is 0 Å². The normalized spacial score (nSPS) is 17.1. The van der Waals surface area contributed by atoms with E-state index in [1.165, 1.54) is 49.7 Å². The molecule has 7 nitrogen and oxygen atoms in total. The lowest BCUT2D eigenvalue weighted by atomic mass is 9.99. The number of Topliss-reactive ketones (excluding diaryl/α,β-unsaturated/α-hetero) is 1. The van der Waals surface area contributed by atoms with Gasteiger partial charge in [0.05, 0.1) is 43.0 Å². The zero-order valence-electron chi connectivity index (χ0n) is 19.0. The van der Waals surface area contributed by atoms with Gasteiger partial charge in [0.15, 0.2) is 17.2 Å². The standard InChI is InChI=1S/C25H21Cl2NO6S/c1-32-17-7-6-13(9-18(17)33-2)12-28-21(19-5-4-8-35-19)20(23(30)25(28)31)22(29)14-10-15(26)24(34-3)16(27)11-14/h4-11,21,29H,12H2,1-3H3/b22-20-. The van der Waals surface area contributed by atoms with Crippen LogP contribution in [0.4, 0.5) is 0 Å². The lowest BCUT2D eigenvalue weighted by Gasteiger charge is -2.24. The molecule has 2 heterocycles. The highest BCUT2D eigenvalue weighted by molar-refractivity contribution is 7.10. The number of ether oxygens (including phenoxy) is 3. The third-order valence-corrected chi connectivity index (χ3v) is 7.12. The van der Waals surface area contributed by atoms with Crippen molar-refractivity contribution in [2.24, 2.45) is 0 Å². The molecule has 0 spiro atoms. The van der Waals surface area contributed by atoms with E-state index in [2.05, 4.69) is 0 Å². The molecule has 1 aliphatic heterocycles. The molecule has 1 saturated heterocycles. The van der Waals surface area contributed by atoms with E-state index in [4.69, 9.17) is 37.4 Å². The molecule has 182 valence electrons. The number of hydrogen-bond acceptors (Lipinski definition) is 7. The van der Waals surface area contributed by atoms with Crippen LogP contribution in [0.5, 0.6) is 17.2 Å². The Balaban J connectivity index is 1.82. The lowest BCUT2D eigenvalue weighted by Crippen LogP contribution is -2.28. The first kappa shape index (κ1) is 24.9. The van der Waals surface area contributed by atoms with Gasteiger partial charge in [-0.1, -0.05) is 35.3 Å². The molecule has 1 aliphatic rings. The Morgan fingerprint density at radius 2 is 1.69 bits per heavy atom. The van der Waals surface area contributed by atoms with Gasteiger partial charge in [-0.2, -0.15) is 0 Å². The number of hydrogen-bond donors (Lipinski definition) is 1. The zero-order valence-corrected chi connectivity index (χ0v) is 21.3. The van der Waals surface area contributed by atoms with Gasteiger partial charge in [0.25, 0.3) is 11.7 Å². The summed E-state index contributed by atoms with van der Waals surface area (Å²) in [6.45, 7) is 0.106. The van der Waals surface area contributed by atoms with Crippen molar-refractivity contribution in [1.29, 1.82) is 0 Å². The van der Waals surface area contributed by atoms with Gasteiger partial charge in [-0.15, -0.1) is 11.3 Å². The third kappa shape index (κ3) is 4.57. The van der Waals surface area contributed by atoms with E-state index in [0.29, 0.717) is 11.5 Å². The number of nitrogens with zero attached hydrogens (tertiary/aromatic N) is 1. The molecule has 1 fully saturated rings. The highest BCUT2D eigenvalue weighted by Crippen LogP contribution is 2.44. The highest BCUT2D eigenvalue weighted by Gasteiger charge is 2.46. The Hall–Kier alpha value is -3.20. The number of amides is 1. The van der Waals surface area contributed by atoms with Crippen LogP contribution in [0.25, 0.3) is 5.76 Å². The Bertz CT molecular complexity index is 1300. The van der Waals surface area contributed by atoms with E-state index in [0.717, 1.165) is 10.4 Å². The van der Waals surface area contributed by atoms with E-state index in [1.54, 1.807) is 18.2 Å². The third-order valence-electron chi connectivity index (χ3n) is 5.63. The Morgan fingerprint density at radius 3 is 2.26 bits per heavy atom. The zero-order chi connectivity index (χ0) is 25.3. The number of halogens is 2. The molecule has 1 aromatic heterocycles. The van der Waals surface area contributed by atoms with Crippen molar-refractivity contribution in [3.63, 3.8) is 0 Å². The van der Waals surface area contributed by atoms with Crippen LogP contribution in [-0.2, 0) is 16.1 Å². The molecule has 4 rings (SSSR count). The monoisotopic (exact) mass is 533 g/mol. The molecule has 1 atom stereocenters. The Kier molecular flexibility index (Phi) is 7.25. The molecule has 1 amide bonds. The van der Waals surface area contributed by atoms with Crippen molar-refractivity contribution >= 4 is 52.0 Å². The first-order valence-corrected chi connectivity index (χ1v) is 12.0. The van der Waals surface area contributed by atoms with Crippen molar-refractivity contribution in [2.45, 2.75) is 12.6 Å². The van der Waals surface area contributed by atoms with Crippen molar-refractivity contribution in [3.8, 4) is 17.2 Å². The summed E-state index contributed by atoms with van der Waals surface area (Å²) in [6, 6.07) is 11.0. The number of methoxy groups -OCH3 is 3. The van der Waals surface area contributed by atoms with E-state index in [9.17, 15) is 14.7 Å². The molecule has 0 aliphatic carbocycles. The topological polar surface area (TPSA) is 85.3 Å². The maximum atomic E-state index is 13.2. The van der Waals surface area contributed by atoms with Gasteiger partial charge in [-0.05, 0) is 41.3 Å². The average Bonchev–Trinajstić information content (AvgIpc) is 3.46. The average molecular weight is 534 g/mol. The van der Waals surface area contributed by atoms with Crippen molar-refractivity contribution < 1.29 is 28.9 Å². The lowest BCUT2D eigenvalue weighted by molar-refractivity contribution is -0.140. The number of ketones is 1. The molecule has 0 bridgehead atoms. The molecular weight excluding hydrogens is 513 g/mol. The number of likely N-dealkylation sites (tertiary alicyclic amines) is 1. The van der Waals surface area contributed by atoms with Crippen LogP contribution in [-0.4, -0.2) is 43.0 Å². The van der Waals surface area contributed by atoms with E-state index >= 15 is 0 Å². The number of carbonyl (C=O) groups excluding carboxylic acids is 2. The van der Waals surface area contributed by atoms with Gasteiger partial charge in [-0.25, -0.2) is 0 Å². The summed E-state index contributed by atoms with van der Waals surface area (Å²) in [6.07, 6.45) is 0. The highest BCUT2D eigenvalue weighted by atomic mass is 35.5. The first-order chi connectivity index (χ1) is 16.8. The van der Waals surface area contributed by atoms with Crippen LogP contribution >= 0.6 is 34.5 Å².